The van der Waals surface area contributed by atoms with Gasteiger partial charge in [0.25, 0.3) is 0 Å². The van der Waals surface area contributed by atoms with E-state index in [1.165, 1.54) is 0 Å². The van der Waals surface area contributed by atoms with Crippen molar-refractivity contribution in [1.82, 2.24) is 10.6 Å². The second-order valence-corrected chi connectivity index (χ2v) is 4.79. The summed E-state index contributed by atoms with van der Waals surface area (Å²) in [6, 6.07) is 0.472. The highest BCUT2D eigenvalue weighted by Gasteiger charge is 2.26. The lowest BCUT2D eigenvalue weighted by molar-refractivity contribution is -0.121. The van der Waals surface area contributed by atoms with Crippen molar-refractivity contribution in [2.45, 2.75) is 44.2 Å². The number of amides is 1. The molecule has 0 heterocycles. The van der Waals surface area contributed by atoms with Crippen molar-refractivity contribution in [3.05, 3.63) is 0 Å². The molecule has 0 bridgehead atoms. The molecular weight excluding hydrogens is 192 g/mol. The van der Waals surface area contributed by atoms with E-state index < -0.39 is 0 Å². The van der Waals surface area contributed by atoms with E-state index >= 15 is 0 Å². The molecule has 3 N–H and O–H groups in total. The third kappa shape index (κ3) is 3.80. The van der Waals surface area contributed by atoms with Gasteiger partial charge >= 0.3 is 0 Å². The van der Waals surface area contributed by atoms with Gasteiger partial charge in [-0.1, -0.05) is 0 Å². The van der Waals surface area contributed by atoms with Crippen LogP contribution in [-0.2, 0) is 4.79 Å². The fraction of sp³-hybridized carbons (Fsp3) is 0.909. The first-order valence-electron chi connectivity index (χ1n) is 5.92. The Kier molecular flexibility index (Phi) is 3.59. The van der Waals surface area contributed by atoms with Gasteiger partial charge in [0.2, 0.25) is 5.91 Å². The largest absolute Gasteiger partial charge is 0.393 e. The zero-order valence-electron chi connectivity index (χ0n) is 9.04. The van der Waals surface area contributed by atoms with Gasteiger partial charge in [-0.15, -0.1) is 0 Å². The summed E-state index contributed by atoms with van der Waals surface area (Å²) in [6.45, 7) is 1.69. The summed E-state index contributed by atoms with van der Waals surface area (Å²) < 4.78 is 0. The van der Waals surface area contributed by atoms with Crippen LogP contribution >= 0.6 is 0 Å². The second kappa shape index (κ2) is 4.94. The highest BCUT2D eigenvalue weighted by Crippen LogP contribution is 2.25. The molecule has 0 aromatic rings. The Morgan fingerprint density at radius 3 is 2.67 bits per heavy atom. The first kappa shape index (κ1) is 10.9. The molecule has 0 atom stereocenters. The van der Waals surface area contributed by atoms with Crippen molar-refractivity contribution in [1.29, 1.82) is 0 Å². The van der Waals surface area contributed by atoms with E-state index in [0.29, 0.717) is 18.4 Å². The first-order chi connectivity index (χ1) is 7.24. The third-order valence-electron chi connectivity index (χ3n) is 3.12. The number of aliphatic hydroxyl groups excluding tert-OH is 1. The van der Waals surface area contributed by atoms with Crippen LogP contribution in [0.4, 0.5) is 0 Å². The van der Waals surface area contributed by atoms with E-state index in [2.05, 4.69) is 10.6 Å². The van der Waals surface area contributed by atoms with Crippen LogP contribution in [-0.4, -0.2) is 36.2 Å². The minimum atomic E-state index is -0.0741. The predicted molar refractivity (Wildman–Crippen MR) is 57.4 cm³/mol. The topological polar surface area (TPSA) is 61.4 Å². The fourth-order valence-electron chi connectivity index (χ4n) is 1.90. The van der Waals surface area contributed by atoms with E-state index in [4.69, 9.17) is 5.11 Å². The summed E-state index contributed by atoms with van der Waals surface area (Å²) >= 11 is 0. The van der Waals surface area contributed by atoms with Crippen LogP contribution in [0, 0.1) is 5.92 Å². The minimum absolute atomic E-state index is 0.0741. The van der Waals surface area contributed by atoms with E-state index in [9.17, 15) is 4.79 Å². The van der Waals surface area contributed by atoms with Crippen LogP contribution < -0.4 is 10.6 Å². The molecule has 86 valence electrons. The van der Waals surface area contributed by atoms with Crippen molar-refractivity contribution in [2.75, 3.05) is 13.1 Å². The van der Waals surface area contributed by atoms with Gasteiger partial charge in [-0.05, 0) is 38.1 Å². The van der Waals surface area contributed by atoms with Gasteiger partial charge in [-0.25, -0.2) is 0 Å². The number of rotatable bonds is 6. The maximum absolute atomic E-state index is 11.3. The molecule has 0 spiro atoms. The molecule has 2 saturated carbocycles. The van der Waals surface area contributed by atoms with Crippen LogP contribution in [0.2, 0.25) is 0 Å². The maximum atomic E-state index is 11.3. The smallest absolute Gasteiger partial charge is 0.221 e. The molecule has 1 amide bonds. The molecule has 0 aliphatic heterocycles. The summed E-state index contributed by atoms with van der Waals surface area (Å²) in [5.74, 6) is 0.783. The zero-order valence-corrected chi connectivity index (χ0v) is 9.04. The Morgan fingerprint density at radius 2 is 2.07 bits per heavy atom. The lowest BCUT2D eigenvalue weighted by Crippen LogP contribution is -2.37. The average molecular weight is 212 g/mol. The molecule has 15 heavy (non-hydrogen) atoms. The number of hydrogen-bond acceptors (Lipinski definition) is 3. The van der Waals surface area contributed by atoms with Crippen molar-refractivity contribution >= 4 is 5.91 Å². The maximum Gasteiger partial charge on any atom is 0.221 e. The molecule has 4 heteroatoms. The molecule has 0 unspecified atom stereocenters. The number of carbonyl (C=O) groups is 1. The van der Waals surface area contributed by atoms with E-state index in [-0.39, 0.29) is 12.0 Å². The molecule has 0 radical (unpaired) electrons. The highest BCUT2D eigenvalue weighted by atomic mass is 16.3. The highest BCUT2D eigenvalue weighted by molar-refractivity contribution is 5.76. The lowest BCUT2D eigenvalue weighted by atomic mass is 9.82. The fourth-order valence-corrected chi connectivity index (χ4v) is 1.90. The van der Waals surface area contributed by atoms with Crippen LogP contribution in [0.25, 0.3) is 0 Å². The van der Waals surface area contributed by atoms with Gasteiger partial charge in [-0.2, -0.15) is 0 Å². The van der Waals surface area contributed by atoms with Crippen molar-refractivity contribution < 1.29 is 9.90 Å². The Bertz CT molecular complexity index is 223. The summed E-state index contributed by atoms with van der Waals surface area (Å²) in [6.07, 6.45) is 4.64. The lowest BCUT2D eigenvalue weighted by Gasteiger charge is -2.31. The first-order valence-corrected chi connectivity index (χ1v) is 5.92. The quantitative estimate of drug-likeness (QED) is 0.544. The molecule has 0 saturated heterocycles. The third-order valence-corrected chi connectivity index (χ3v) is 3.12. The predicted octanol–water partition coefficient (Wildman–Crippen LogP) is 0.0156. The Balaban J connectivity index is 1.42. The Labute approximate surface area is 90.4 Å². The standard InChI is InChI=1S/C11H20N2O2/c14-10-5-8(6-10)7-12-4-3-11(15)13-9-1-2-9/h8-10,12,14H,1-7H2,(H,13,15). The van der Waals surface area contributed by atoms with Crippen LogP contribution in [0.15, 0.2) is 0 Å². The molecular formula is C11H20N2O2. The average Bonchev–Trinajstić information content (AvgIpc) is 2.92. The SMILES string of the molecule is O=C(CCNCC1CC(O)C1)NC1CC1. The van der Waals surface area contributed by atoms with Gasteiger partial charge in [0.1, 0.15) is 0 Å². The van der Waals surface area contributed by atoms with Crippen molar-refractivity contribution in [3.8, 4) is 0 Å². The summed E-state index contributed by atoms with van der Waals surface area (Å²) in [5, 5.41) is 15.3. The minimum Gasteiger partial charge on any atom is -0.393 e. The van der Waals surface area contributed by atoms with Gasteiger partial charge in [0, 0.05) is 19.0 Å². The van der Waals surface area contributed by atoms with Gasteiger partial charge in [0.15, 0.2) is 0 Å². The van der Waals surface area contributed by atoms with Gasteiger partial charge in [0.05, 0.1) is 6.10 Å². The molecule has 2 rings (SSSR count). The molecule has 0 aromatic heterocycles. The summed E-state index contributed by atoms with van der Waals surface area (Å²) in [4.78, 5) is 11.3. The second-order valence-electron chi connectivity index (χ2n) is 4.79. The van der Waals surface area contributed by atoms with E-state index in [0.717, 1.165) is 38.8 Å². The van der Waals surface area contributed by atoms with Gasteiger partial charge < -0.3 is 15.7 Å². The molecule has 4 nitrogen and oxygen atoms in total. The molecule has 2 aliphatic rings. The monoisotopic (exact) mass is 212 g/mol. The normalized spacial score (nSPS) is 29.7. The number of hydrogen-bond donors (Lipinski definition) is 3. The zero-order chi connectivity index (χ0) is 10.7. The van der Waals surface area contributed by atoms with Crippen LogP contribution in [0.5, 0.6) is 0 Å². The van der Waals surface area contributed by atoms with Crippen LogP contribution in [0.1, 0.15) is 32.1 Å². The summed E-state index contributed by atoms with van der Waals surface area (Å²) in [5.41, 5.74) is 0. The van der Waals surface area contributed by atoms with Gasteiger partial charge in [-0.3, -0.25) is 4.79 Å². The Hall–Kier alpha value is -0.610. The van der Waals surface area contributed by atoms with Crippen molar-refractivity contribution in [3.63, 3.8) is 0 Å². The van der Waals surface area contributed by atoms with E-state index in [1.807, 2.05) is 0 Å². The molecule has 0 aromatic carbocycles. The summed E-state index contributed by atoms with van der Waals surface area (Å²) in [7, 11) is 0. The number of nitrogens with one attached hydrogen (secondary N) is 2. The Morgan fingerprint density at radius 1 is 1.33 bits per heavy atom. The number of carbonyl (C=O) groups excluding carboxylic acids is 1. The van der Waals surface area contributed by atoms with Crippen molar-refractivity contribution in [2.24, 2.45) is 5.92 Å². The van der Waals surface area contributed by atoms with Crippen LogP contribution in [0.3, 0.4) is 0 Å². The molecule has 2 aliphatic carbocycles. The molecule has 2 fully saturated rings. The number of aliphatic hydroxyl groups is 1. The van der Waals surface area contributed by atoms with E-state index in [1.54, 1.807) is 0 Å².